The first-order valence-electron chi connectivity index (χ1n) is 15.0. The maximum Gasteiger partial charge on any atom is 0.410 e. The number of carbonyl (C=O) groups is 2. The number of benzene rings is 2. The van der Waals surface area contributed by atoms with E-state index in [1.165, 1.54) is 16.0 Å². The average molecular weight is 608 g/mol. The van der Waals surface area contributed by atoms with Gasteiger partial charge in [-0.3, -0.25) is 4.79 Å². The van der Waals surface area contributed by atoms with Gasteiger partial charge in [-0.2, -0.15) is 0 Å². The minimum atomic E-state index is -0.617. The molecule has 0 aromatic heterocycles. The van der Waals surface area contributed by atoms with Crippen molar-refractivity contribution in [3.63, 3.8) is 0 Å². The molecule has 0 N–H and O–H groups in total. The molecule has 0 radical (unpaired) electrons. The zero-order chi connectivity index (χ0) is 30.3. The summed E-state index contributed by atoms with van der Waals surface area (Å²) in [7, 11) is 3.39. The molecule has 3 heterocycles. The fourth-order valence-corrected chi connectivity index (χ4v) is 6.94. The second-order valence-electron chi connectivity index (χ2n) is 12.8. The molecule has 6 rings (SSSR count). The molecule has 0 spiro atoms. The summed E-state index contributed by atoms with van der Waals surface area (Å²) in [6.45, 7) is 9.73. The molecule has 3 aliphatic heterocycles. The Hall–Kier alpha value is -3.37. The van der Waals surface area contributed by atoms with Crippen LogP contribution in [0.4, 0.5) is 4.79 Å². The van der Waals surface area contributed by atoms with Gasteiger partial charge in [0, 0.05) is 44.7 Å². The summed E-state index contributed by atoms with van der Waals surface area (Å²) in [5.74, 6) is 2.42. The summed E-state index contributed by atoms with van der Waals surface area (Å²) >= 11 is 1.71. The first-order chi connectivity index (χ1) is 20.6. The molecule has 1 unspecified atom stereocenters. The first kappa shape index (κ1) is 29.7. The number of fused-ring (bicyclic) bond motifs is 1. The Balaban J connectivity index is 1.15. The van der Waals surface area contributed by atoms with Crippen molar-refractivity contribution in [3.05, 3.63) is 58.7 Å². The summed E-state index contributed by atoms with van der Waals surface area (Å²) in [5, 5.41) is 0. The van der Waals surface area contributed by atoms with Crippen LogP contribution in [0.15, 0.2) is 52.4 Å². The quantitative estimate of drug-likeness (QED) is 0.289. The SMILES string of the molecule is COc1ccc(C(CN(C)C(=O)OC(C)(C)C)C(=O)N2CC3=C(CN(Sc4ccc5c(c4)OCCO5)C3)C2)cc1C1CC1. The topological polar surface area (TPSA) is 80.8 Å². The van der Waals surface area contributed by atoms with Gasteiger partial charge in [-0.15, -0.1) is 0 Å². The lowest BCUT2D eigenvalue weighted by atomic mass is 9.93. The van der Waals surface area contributed by atoms with Crippen molar-refractivity contribution in [2.24, 2.45) is 0 Å². The van der Waals surface area contributed by atoms with E-state index in [0.717, 1.165) is 59.2 Å². The molecule has 1 atom stereocenters. The predicted octanol–water partition coefficient (Wildman–Crippen LogP) is 5.46. The molecule has 1 fully saturated rings. The third-order valence-corrected chi connectivity index (χ3v) is 9.17. The van der Waals surface area contributed by atoms with E-state index in [0.29, 0.717) is 32.2 Å². The van der Waals surface area contributed by atoms with Crippen molar-refractivity contribution in [2.75, 3.05) is 60.1 Å². The highest BCUT2D eigenvalue weighted by molar-refractivity contribution is 7.97. The van der Waals surface area contributed by atoms with Gasteiger partial charge in [0.05, 0.1) is 13.0 Å². The fourth-order valence-electron chi connectivity index (χ4n) is 5.91. The summed E-state index contributed by atoms with van der Waals surface area (Å²) < 4.78 is 25.0. The molecule has 43 heavy (non-hydrogen) atoms. The highest BCUT2D eigenvalue weighted by Crippen LogP contribution is 2.45. The van der Waals surface area contributed by atoms with Crippen LogP contribution in [-0.2, 0) is 9.53 Å². The van der Waals surface area contributed by atoms with E-state index in [2.05, 4.69) is 16.4 Å². The van der Waals surface area contributed by atoms with Crippen molar-refractivity contribution in [3.8, 4) is 17.2 Å². The third-order valence-electron chi connectivity index (χ3n) is 8.19. The van der Waals surface area contributed by atoms with Crippen LogP contribution in [0.1, 0.15) is 56.6 Å². The largest absolute Gasteiger partial charge is 0.496 e. The number of likely N-dealkylation sites (N-methyl/N-ethyl adjacent to an activating group) is 1. The minimum absolute atomic E-state index is 0.0303. The number of hydrogen-bond donors (Lipinski definition) is 0. The second kappa shape index (κ2) is 12.0. The molecule has 4 aliphatic rings. The zero-order valence-electron chi connectivity index (χ0n) is 25.7. The van der Waals surface area contributed by atoms with Crippen molar-refractivity contribution >= 4 is 23.9 Å². The lowest BCUT2D eigenvalue weighted by Gasteiger charge is -2.30. The molecule has 0 bridgehead atoms. The summed E-state index contributed by atoms with van der Waals surface area (Å²) in [6.07, 6.45) is 1.81. The van der Waals surface area contributed by atoms with Crippen LogP contribution in [0.25, 0.3) is 0 Å². The van der Waals surface area contributed by atoms with Gasteiger partial charge in [-0.1, -0.05) is 12.1 Å². The molecule has 2 aromatic carbocycles. The molecule has 1 saturated carbocycles. The van der Waals surface area contributed by atoms with Gasteiger partial charge in [0.25, 0.3) is 0 Å². The van der Waals surface area contributed by atoms with Gasteiger partial charge >= 0.3 is 6.09 Å². The second-order valence-corrected chi connectivity index (χ2v) is 14.0. The Labute approximate surface area is 258 Å². The van der Waals surface area contributed by atoms with E-state index < -0.39 is 17.6 Å². The van der Waals surface area contributed by atoms with Gasteiger partial charge in [0.2, 0.25) is 5.91 Å². The molecule has 9 nitrogen and oxygen atoms in total. The number of hydrogen-bond acceptors (Lipinski definition) is 8. The van der Waals surface area contributed by atoms with Crippen LogP contribution in [0.2, 0.25) is 0 Å². The van der Waals surface area contributed by atoms with E-state index in [4.69, 9.17) is 18.9 Å². The average Bonchev–Trinajstić information content (AvgIpc) is 3.65. The summed E-state index contributed by atoms with van der Waals surface area (Å²) in [6, 6.07) is 12.1. The monoisotopic (exact) mass is 607 g/mol. The number of rotatable bonds is 8. The Morgan fingerprint density at radius 1 is 1.00 bits per heavy atom. The van der Waals surface area contributed by atoms with Crippen LogP contribution in [0.5, 0.6) is 17.2 Å². The Morgan fingerprint density at radius 2 is 1.70 bits per heavy atom. The molecular weight excluding hydrogens is 566 g/mol. The van der Waals surface area contributed by atoms with E-state index in [9.17, 15) is 9.59 Å². The highest BCUT2D eigenvalue weighted by atomic mass is 32.2. The van der Waals surface area contributed by atoms with Crippen LogP contribution >= 0.6 is 11.9 Å². The normalized spacial score (nSPS) is 18.9. The van der Waals surface area contributed by atoms with Gasteiger partial charge in [-0.25, -0.2) is 9.10 Å². The van der Waals surface area contributed by atoms with Gasteiger partial charge in [0.15, 0.2) is 11.5 Å². The smallest absolute Gasteiger partial charge is 0.410 e. The van der Waals surface area contributed by atoms with E-state index >= 15 is 0 Å². The Morgan fingerprint density at radius 3 is 2.35 bits per heavy atom. The lowest BCUT2D eigenvalue weighted by molar-refractivity contribution is -0.132. The van der Waals surface area contributed by atoms with Crippen LogP contribution in [0.3, 0.4) is 0 Å². The van der Waals surface area contributed by atoms with Gasteiger partial charge in [0.1, 0.15) is 24.6 Å². The molecule has 2 aromatic rings. The first-order valence-corrected chi connectivity index (χ1v) is 15.8. The van der Waals surface area contributed by atoms with Crippen LogP contribution in [0, 0.1) is 0 Å². The van der Waals surface area contributed by atoms with E-state index in [1.807, 2.05) is 49.9 Å². The highest BCUT2D eigenvalue weighted by Gasteiger charge is 2.38. The zero-order valence-corrected chi connectivity index (χ0v) is 26.5. The number of ether oxygens (including phenoxy) is 4. The Kier molecular flexibility index (Phi) is 8.26. The number of nitrogens with zero attached hydrogens (tertiary/aromatic N) is 3. The number of amides is 2. The third kappa shape index (κ3) is 6.75. The van der Waals surface area contributed by atoms with Crippen molar-refractivity contribution in [1.82, 2.24) is 14.1 Å². The molecule has 2 amide bonds. The van der Waals surface area contributed by atoms with Crippen molar-refractivity contribution in [1.29, 1.82) is 0 Å². The van der Waals surface area contributed by atoms with Gasteiger partial charge in [-0.05, 0) is 98.0 Å². The molecule has 0 saturated heterocycles. The minimum Gasteiger partial charge on any atom is -0.496 e. The maximum atomic E-state index is 14.2. The van der Waals surface area contributed by atoms with E-state index in [-0.39, 0.29) is 12.5 Å². The number of carbonyl (C=O) groups excluding carboxylic acids is 2. The predicted molar refractivity (Wildman–Crippen MR) is 165 cm³/mol. The van der Waals surface area contributed by atoms with Gasteiger partial charge < -0.3 is 28.7 Å². The van der Waals surface area contributed by atoms with Crippen molar-refractivity contribution < 1.29 is 28.5 Å². The lowest BCUT2D eigenvalue weighted by Crippen LogP contribution is -2.42. The molecular formula is C33H41N3O6S. The van der Waals surface area contributed by atoms with Crippen molar-refractivity contribution in [2.45, 2.75) is 55.9 Å². The summed E-state index contributed by atoms with van der Waals surface area (Å²) in [4.78, 5) is 31.7. The van der Waals surface area contributed by atoms with Crippen LogP contribution in [-0.4, -0.2) is 91.8 Å². The van der Waals surface area contributed by atoms with Crippen LogP contribution < -0.4 is 14.2 Å². The van der Waals surface area contributed by atoms with E-state index in [1.54, 1.807) is 26.1 Å². The molecule has 230 valence electrons. The maximum absolute atomic E-state index is 14.2. The summed E-state index contributed by atoms with van der Waals surface area (Å²) in [5.41, 5.74) is 4.03. The fraction of sp³-hybridized carbons (Fsp3) is 0.515. The molecule has 1 aliphatic carbocycles. The standard InChI is InChI=1S/C33H41N3O6S/c1-33(2,3)42-32(38)34(4)20-27(22-8-10-28(39-5)26(14-22)21-6-7-21)31(37)35-16-23-18-36(19-24(23)17-35)43-25-9-11-29-30(15-25)41-13-12-40-29/h8-11,14-15,21,27H,6-7,12-13,16-20H2,1-5H3. The number of methoxy groups -OCH3 is 1. The Bertz CT molecular complexity index is 1410. The molecule has 10 heteroatoms.